The van der Waals surface area contributed by atoms with Crippen molar-refractivity contribution in [3.05, 3.63) is 28.8 Å². The van der Waals surface area contributed by atoms with E-state index in [0.717, 1.165) is 16.7 Å². The third-order valence-electron chi connectivity index (χ3n) is 2.74. The van der Waals surface area contributed by atoms with E-state index >= 15 is 0 Å². The van der Waals surface area contributed by atoms with Crippen molar-refractivity contribution in [3.63, 3.8) is 0 Å². The molecule has 0 unspecified atom stereocenters. The molecule has 6 heteroatoms. The van der Waals surface area contributed by atoms with Crippen molar-refractivity contribution >= 4 is 10.0 Å². The summed E-state index contributed by atoms with van der Waals surface area (Å²) >= 11 is 0. The molecule has 0 saturated heterocycles. The Kier molecular flexibility index (Phi) is 5.28. The number of hydrogen-bond acceptors (Lipinski definition) is 4. The largest absolute Gasteiger partial charge is 0.383 e. The van der Waals surface area contributed by atoms with Crippen molar-refractivity contribution in [1.82, 2.24) is 4.72 Å². The maximum Gasteiger partial charge on any atom is 0.240 e. The van der Waals surface area contributed by atoms with E-state index in [2.05, 4.69) is 4.72 Å². The lowest BCUT2D eigenvalue weighted by molar-refractivity contribution is 0.204. The van der Waals surface area contributed by atoms with Gasteiger partial charge in [0.25, 0.3) is 0 Å². The summed E-state index contributed by atoms with van der Waals surface area (Å²) in [4.78, 5) is 0.282. The van der Waals surface area contributed by atoms with Gasteiger partial charge in [-0.2, -0.15) is 0 Å². The lowest BCUT2D eigenvalue weighted by Gasteiger charge is -2.12. The highest BCUT2D eigenvalue weighted by atomic mass is 32.2. The van der Waals surface area contributed by atoms with E-state index in [0.29, 0.717) is 13.2 Å². The molecule has 0 atom stereocenters. The topological polar surface area (TPSA) is 81.4 Å². The van der Waals surface area contributed by atoms with Gasteiger partial charge in [0.2, 0.25) is 10.0 Å². The smallest absolute Gasteiger partial charge is 0.240 e. The molecular weight excluding hydrogens is 252 g/mol. The van der Waals surface area contributed by atoms with Crippen molar-refractivity contribution in [3.8, 4) is 0 Å². The molecule has 0 aliphatic heterocycles. The van der Waals surface area contributed by atoms with Crippen LogP contribution in [0.25, 0.3) is 0 Å². The summed E-state index contributed by atoms with van der Waals surface area (Å²) < 4.78 is 31.5. The van der Waals surface area contributed by atoms with Crippen LogP contribution in [0.15, 0.2) is 17.0 Å². The minimum Gasteiger partial charge on any atom is -0.383 e. The fraction of sp³-hybridized carbons (Fsp3) is 0.500. The Labute approximate surface area is 108 Å². The summed E-state index contributed by atoms with van der Waals surface area (Å²) in [5, 5.41) is 0. The van der Waals surface area contributed by atoms with Crippen LogP contribution in [0.1, 0.15) is 16.7 Å². The molecule has 0 radical (unpaired) electrons. The van der Waals surface area contributed by atoms with Crippen LogP contribution >= 0.6 is 0 Å². The van der Waals surface area contributed by atoms with Crippen LogP contribution in [0.2, 0.25) is 0 Å². The van der Waals surface area contributed by atoms with Crippen LogP contribution in [-0.2, 0) is 21.3 Å². The maximum absolute atomic E-state index is 12.1. The van der Waals surface area contributed by atoms with Crippen molar-refractivity contribution < 1.29 is 13.2 Å². The second kappa shape index (κ2) is 6.29. The highest BCUT2D eigenvalue weighted by Gasteiger charge is 2.17. The highest BCUT2D eigenvalue weighted by molar-refractivity contribution is 7.89. The number of benzene rings is 1. The Hall–Kier alpha value is -0.950. The number of nitrogens with two attached hydrogens (primary N) is 1. The molecule has 0 aromatic heterocycles. The lowest BCUT2D eigenvalue weighted by Crippen LogP contribution is -2.28. The first kappa shape index (κ1) is 15.1. The quantitative estimate of drug-likeness (QED) is 0.746. The molecule has 1 rings (SSSR count). The van der Waals surface area contributed by atoms with Gasteiger partial charge in [0.15, 0.2) is 0 Å². The second-order valence-electron chi connectivity index (χ2n) is 4.14. The average Bonchev–Trinajstić information content (AvgIpc) is 2.29. The normalized spacial score (nSPS) is 11.8. The molecule has 0 heterocycles. The SMILES string of the molecule is COCCNS(=O)(=O)c1cc(CN)c(C)cc1C. The van der Waals surface area contributed by atoms with Crippen LogP contribution in [0.5, 0.6) is 0 Å². The number of methoxy groups -OCH3 is 1. The van der Waals surface area contributed by atoms with Crippen LogP contribution < -0.4 is 10.5 Å². The minimum atomic E-state index is -3.50. The average molecular weight is 272 g/mol. The monoisotopic (exact) mass is 272 g/mol. The Bertz CT molecular complexity index is 512. The molecule has 102 valence electrons. The molecular formula is C12H20N2O3S. The molecule has 0 bridgehead atoms. The number of hydrogen-bond donors (Lipinski definition) is 2. The van der Waals surface area contributed by atoms with Crippen LogP contribution in [0.4, 0.5) is 0 Å². The van der Waals surface area contributed by atoms with Crippen molar-refractivity contribution in [1.29, 1.82) is 0 Å². The first-order valence-corrected chi connectivity index (χ1v) is 7.19. The zero-order valence-electron chi connectivity index (χ0n) is 11.0. The molecule has 0 spiro atoms. The van der Waals surface area contributed by atoms with Gasteiger partial charge in [-0.25, -0.2) is 13.1 Å². The van der Waals surface area contributed by atoms with Gasteiger partial charge >= 0.3 is 0 Å². The zero-order chi connectivity index (χ0) is 13.8. The molecule has 0 fully saturated rings. The molecule has 18 heavy (non-hydrogen) atoms. The predicted molar refractivity (Wildman–Crippen MR) is 70.9 cm³/mol. The molecule has 1 aromatic rings. The van der Waals surface area contributed by atoms with Gasteiger partial charge in [-0.05, 0) is 36.6 Å². The number of ether oxygens (including phenoxy) is 1. The summed E-state index contributed by atoms with van der Waals surface area (Å²) in [5.74, 6) is 0. The molecule has 0 amide bonds. The first-order valence-electron chi connectivity index (χ1n) is 5.71. The van der Waals surface area contributed by atoms with E-state index < -0.39 is 10.0 Å². The molecule has 5 nitrogen and oxygen atoms in total. The van der Waals surface area contributed by atoms with Crippen molar-refractivity contribution in [2.75, 3.05) is 20.3 Å². The third-order valence-corrected chi connectivity index (χ3v) is 4.34. The summed E-state index contributed by atoms with van der Waals surface area (Å²) in [5.41, 5.74) is 8.16. The zero-order valence-corrected chi connectivity index (χ0v) is 11.8. The van der Waals surface area contributed by atoms with Gasteiger partial charge in [0.05, 0.1) is 11.5 Å². The predicted octanol–water partition coefficient (Wildman–Crippen LogP) is 0.687. The first-order chi connectivity index (χ1) is 8.42. The minimum absolute atomic E-state index is 0.254. The van der Waals surface area contributed by atoms with Gasteiger partial charge in [-0.15, -0.1) is 0 Å². The second-order valence-corrected chi connectivity index (χ2v) is 5.87. The lowest BCUT2D eigenvalue weighted by atomic mass is 10.1. The van der Waals surface area contributed by atoms with Crippen LogP contribution in [0, 0.1) is 13.8 Å². The van der Waals surface area contributed by atoms with Gasteiger partial charge in [0.1, 0.15) is 0 Å². The van der Waals surface area contributed by atoms with Crippen molar-refractivity contribution in [2.24, 2.45) is 5.73 Å². The maximum atomic E-state index is 12.1. The fourth-order valence-electron chi connectivity index (χ4n) is 1.74. The van der Waals surface area contributed by atoms with E-state index in [9.17, 15) is 8.42 Å². The van der Waals surface area contributed by atoms with Gasteiger partial charge in [-0.1, -0.05) is 6.07 Å². The van der Waals surface area contributed by atoms with Crippen molar-refractivity contribution in [2.45, 2.75) is 25.3 Å². The standard InChI is InChI=1S/C12H20N2O3S/c1-9-6-10(2)12(7-11(9)8-13)18(15,16)14-4-5-17-3/h6-7,14H,4-5,8,13H2,1-3H3. The molecule has 0 saturated carbocycles. The van der Waals surface area contributed by atoms with E-state index in [-0.39, 0.29) is 11.4 Å². The number of sulfonamides is 1. The Morgan fingerprint density at radius 1 is 1.28 bits per heavy atom. The summed E-state index contributed by atoms with van der Waals surface area (Å²) in [7, 11) is -1.97. The Morgan fingerprint density at radius 3 is 2.50 bits per heavy atom. The van der Waals surface area contributed by atoms with E-state index in [1.54, 1.807) is 13.0 Å². The van der Waals surface area contributed by atoms with Crippen LogP contribution in [-0.4, -0.2) is 28.7 Å². The molecule has 0 aliphatic carbocycles. The number of aryl methyl sites for hydroxylation is 2. The Balaban J connectivity index is 3.08. The molecule has 0 aliphatic rings. The molecule has 3 N–H and O–H groups in total. The number of nitrogens with one attached hydrogen (secondary N) is 1. The van der Waals surface area contributed by atoms with Gasteiger partial charge < -0.3 is 10.5 Å². The van der Waals surface area contributed by atoms with Gasteiger partial charge in [0, 0.05) is 20.2 Å². The van der Waals surface area contributed by atoms with Gasteiger partial charge in [-0.3, -0.25) is 0 Å². The van der Waals surface area contributed by atoms with E-state index in [1.807, 2.05) is 13.0 Å². The number of rotatable bonds is 6. The Morgan fingerprint density at radius 2 is 1.94 bits per heavy atom. The third kappa shape index (κ3) is 3.52. The van der Waals surface area contributed by atoms with Crippen LogP contribution in [0.3, 0.4) is 0 Å². The molecule has 1 aromatic carbocycles. The summed E-state index contributed by atoms with van der Waals surface area (Å²) in [6.45, 7) is 4.62. The summed E-state index contributed by atoms with van der Waals surface area (Å²) in [6, 6.07) is 3.48. The van der Waals surface area contributed by atoms with E-state index in [4.69, 9.17) is 10.5 Å². The van der Waals surface area contributed by atoms with E-state index in [1.165, 1.54) is 7.11 Å². The fourth-order valence-corrected chi connectivity index (χ4v) is 3.03. The highest BCUT2D eigenvalue weighted by Crippen LogP contribution is 2.20. The summed E-state index contributed by atoms with van der Waals surface area (Å²) in [6.07, 6.45) is 0.